The quantitative estimate of drug-likeness (QED) is 0.376. The lowest BCUT2D eigenvalue weighted by atomic mass is 10.2. The van der Waals surface area contributed by atoms with Gasteiger partial charge in [-0.05, 0) is 19.4 Å². The van der Waals surface area contributed by atoms with Gasteiger partial charge in [0.05, 0.1) is 12.5 Å². The largest absolute Gasteiger partial charge is 0.481 e. The number of carboxylic acids is 1. The van der Waals surface area contributed by atoms with Gasteiger partial charge in [0.2, 0.25) is 0 Å². The van der Waals surface area contributed by atoms with Crippen LogP contribution in [0.4, 0.5) is 0 Å². The monoisotopic (exact) mass is 191 g/mol. The van der Waals surface area contributed by atoms with Crippen molar-refractivity contribution in [3.8, 4) is 0 Å². The topological polar surface area (TPSA) is 89.8 Å². The van der Waals surface area contributed by atoms with Gasteiger partial charge in [-0.15, -0.1) is 0 Å². The molecule has 0 aromatic rings. The molecule has 0 amide bonds. The molecular weight excluding hydrogens is 174 g/mol. The molecule has 0 aromatic heterocycles. The van der Waals surface area contributed by atoms with Gasteiger partial charge in [-0.3, -0.25) is 4.79 Å². The Balaban J connectivity index is 3.17. The average Bonchev–Trinajstić information content (AvgIpc) is 2.02. The zero-order chi connectivity index (χ0) is 10.1. The van der Waals surface area contributed by atoms with Gasteiger partial charge in [-0.2, -0.15) is 0 Å². The molecule has 78 valence electrons. The molecular formula is C8H17NO4. The first-order valence-electron chi connectivity index (χ1n) is 4.38. The summed E-state index contributed by atoms with van der Waals surface area (Å²) in [4.78, 5) is 10.1. The van der Waals surface area contributed by atoms with E-state index >= 15 is 0 Å². The van der Waals surface area contributed by atoms with Crippen LogP contribution in [0.25, 0.3) is 0 Å². The van der Waals surface area contributed by atoms with Crippen molar-refractivity contribution in [2.75, 3.05) is 19.7 Å². The van der Waals surface area contributed by atoms with Crippen LogP contribution in [0.5, 0.6) is 0 Å². The SMILES string of the molecule is O=C(O)CC(O)CNCCCCO. The number of rotatable bonds is 8. The highest BCUT2D eigenvalue weighted by Gasteiger charge is 2.07. The van der Waals surface area contributed by atoms with Gasteiger partial charge in [-0.1, -0.05) is 0 Å². The maximum atomic E-state index is 10.1. The van der Waals surface area contributed by atoms with Crippen molar-refractivity contribution in [1.29, 1.82) is 0 Å². The van der Waals surface area contributed by atoms with Crippen molar-refractivity contribution in [1.82, 2.24) is 5.32 Å². The van der Waals surface area contributed by atoms with Crippen LogP contribution in [0, 0.1) is 0 Å². The van der Waals surface area contributed by atoms with Crippen LogP contribution in [0.1, 0.15) is 19.3 Å². The minimum absolute atomic E-state index is 0.166. The van der Waals surface area contributed by atoms with E-state index in [9.17, 15) is 4.79 Å². The van der Waals surface area contributed by atoms with Gasteiger partial charge in [0.15, 0.2) is 0 Å². The van der Waals surface area contributed by atoms with Crippen molar-refractivity contribution in [3.63, 3.8) is 0 Å². The third-order valence-electron chi connectivity index (χ3n) is 1.55. The number of aliphatic carboxylic acids is 1. The molecule has 0 saturated carbocycles. The molecule has 0 aliphatic carbocycles. The molecule has 1 atom stereocenters. The summed E-state index contributed by atoms with van der Waals surface area (Å²) in [6.45, 7) is 1.15. The first-order chi connectivity index (χ1) is 6.16. The van der Waals surface area contributed by atoms with Crippen molar-refractivity contribution >= 4 is 5.97 Å². The second-order valence-electron chi connectivity index (χ2n) is 2.89. The molecule has 0 saturated heterocycles. The van der Waals surface area contributed by atoms with Crippen LogP contribution < -0.4 is 5.32 Å². The van der Waals surface area contributed by atoms with E-state index in [2.05, 4.69) is 5.32 Å². The summed E-state index contributed by atoms with van der Waals surface area (Å²) < 4.78 is 0. The van der Waals surface area contributed by atoms with Crippen LogP contribution >= 0.6 is 0 Å². The van der Waals surface area contributed by atoms with Crippen molar-refractivity contribution in [2.24, 2.45) is 0 Å². The van der Waals surface area contributed by atoms with E-state index in [1.165, 1.54) is 0 Å². The Morgan fingerprint density at radius 3 is 2.62 bits per heavy atom. The number of hydrogen-bond donors (Lipinski definition) is 4. The molecule has 0 aliphatic rings. The van der Waals surface area contributed by atoms with Crippen LogP contribution in [-0.2, 0) is 4.79 Å². The highest BCUT2D eigenvalue weighted by Crippen LogP contribution is 1.90. The van der Waals surface area contributed by atoms with E-state index < -0.39 is 12.1 Å². The summed E-state index contributed by atoms with van der Waals surface area (Å²) in [5.41, 5.74) is 0. The molecule has 0 rings (SSSR count). The summed E-state index contributed by atoms with van der Waals surface area (Å²) in [7, 11) is 0. The molecule has 4 N–H and O–H groups in total. The van der Waals surface area contributed by atoms with E-state index in [-0.39, 0.29) is 19.6 Å². The number of aliphatic hydroxyl groups is 2. The van der Waals surface area contributed by atoms with Gasteiger partial charge < -0.3 is 20.6 Å². The Labute approximate surface area is 77.4 Å². The fourth-order valence-electron chi connectivity index (χ4n) is 0.904. The molecule has 5 heteroatoms. The van der Waals surface area contributed by atoms with E-state index in [4.69, 9.17) is 15.3 Å². The Hall–Kier alpha value is -0.650. The van der Waals surface area contributed by atoms with Gasteiger partial charge in [0.25, 0.3) is 0 Å². The number of hydrogen-bond acceptors (Lipinski definition) is 4. The summed E-state index contributed by atoms with van der Waals surface area (Å²) in [5.74, 6) is -0.996. The molecule has 13 heavy (non-hydrogen) atoms. The second-order valence-corrected chi connectivity index (χ2v) is 2.89. The fourth-order valence-corrected chi connectivity index (χ4v) is 0.904. The van der Waals surface area contributed by atoms with Gasteiger partial charge in [0.1, 0.15) is 0 Å². The molecule has 0 radical (unpaired) electrons. The predicted octanol–water partition coefficient (Wildman–Crippen LogP) is -0.816. The first-order valence-corrected chi connectivity index (χ1v) is 4.38. The van der Waals surface area contributed by atoms with Crippen molar-refractivity contribution in [3.05, 3.63) is 0 Å². The highest BCUT2D eigenvalue weighted by molar-refractivity contribution is 5.67. The van der Waals surface area contributed by atoms with Gasteiger partial charge in [0, 0.05) is 13.2 Å². The third kappa shape index (κ3) is 9.26. The Kier molecular flexibility index (Phi) is 7.57. The second kappa shape index (κ2) is 7.97. The smallest absolute Gasteiger partial charge is 0.306 e. The Bertz CT molecular complexity index is 140. The third-order valence-corrected chi connectivity index (χ3v) is 1.55. The van der Waals surface area contributed by atoms with Gasteiger partial charge >= 0.3 is 5.97 Å². The van der Waals surface area contributed by atoms with Gasteiger partial charge in [-0.25, -0.2) is 0 Å². The normalized spacial score (nSPS) is 12.8. The molecule has 0 aromatic carbocycles. The van der Waals surface area contributed by atoms with E-state index in [1.807, 2.05) is 0 Å². The Morgan fingerprint density at radius 2 is 2.08 bits per heavy atom. The number of carboxylic acid groups (broad SMARTS) is 1. The predicted molar refractivity (Wildman–Crippen MR) is 47.4 cm³/mol. The fraction of sp³-hybridized carbons (Fsp3) is 0.875. The number of aliphatic hydroxyl groups excluding tert-OH is 2. The minimum atomic E-state index is -0.996. The van der Waals surface area contributed by atoms with Crippen LogP contribution in [-0.4, -0.2) is 47.1 Å². The molecule has 0 spiro atoms. The molecule has 1 unspecified atom stereocenters. The van der Waals surface area contributed by atoms with Crippen LogP contribution in [0.2, 0.25) is 0 Å². The molecule has 0 bridgehead atoms. The lowest BCUT2D eigenvalue weighted by Crippen LogP contribution is -2.29. The Morgan fingerprint density at radius 1 is 1.38 bits per heavy atom. The van der Waals surface area contributed by atoms with Crippen molar-refractivity contribution < 1.29 is 20.1 Å². The van der Waals surface area contributed by atoms with Crippen LogP contribution in [0.3, 0.4) is 0 Å². The number of unbranched alkanes of at least 4 members (excludes halogenated alkanes) is 1. The zero-order valence-corrected chi connectivity index (χ0v) is 7.57. The number of carbonyl (C=O) groups is 1. The lowest BCUT2D eigenvalue weighted by Gasteiger charge is -2.08. The molecule has 5 nitrogen and oxygen atoms in total. The first kappa shape index (κ1) is 12.3. The van der Waals surface area contributed by atoms with Crippen LogP contribution in [0.15, 0.2) is 0 Å². The molecule has 0 aliphatic heterocycles. The maximum Gasteiger partial charge on any atom is 0.306 e. The maximum absolute atomic E-state index is 10.1. The lowest BCUT2D eigenvalue weighted by molar-refractivity contribution is -0.139. The summed E-state index contributed by atoms with van der Waals surface area (Å²) >= 11 is 0. The standard InChI is InChI=1S/C8H17NO4/c10-4-2-1-3-9-6-7(11)5-8(12)13/h7,9-11H,1-6H2,(H,12,13). The summed E-state index contributed by atoms with van der Waals surface area (Å²) in [5, 5.41) is 28.7. The van der Waals surface area contributed by atoms with Crippen molar-refractivity contribution in [2.45, 2.75) is 25.4 Å². The summed E-state index contributed by atoms with van der Waals surface area (Å²) in [6.07, 6.45) is 0.498. The molecule has 0 fully saturated rings. The zero-order valence-electron chi connectivity index (χ0n) is 7.57. The van der Waals surface area contributed by atoms with E-state index in [1.54, 1.807) is 0 Å². The number of nitrogens with one attached hydrogen (secondary N) is 1. The summed E-state index contributed by atoms with van der Waals surface area (Å²) in [6, 6.07) is 0. The van der Waals surface area contributed by atoms with E-state index in [0.717, 1.165) is 12.8 Å². The molecule has 0 heterocycles. The average molecular weight is 191 g/mol. The minimum Gasteiger partial charge on any atom is -0.481 e. The highest BCUT2D eigenvalue weighted by atomic mass is 16.4. The van der Waals surface area contributed by atoms with E-state index in [0.29, 0.717) is 6.54 Å².